The standard InChI is InChI=1S/C25H24N4O6S/c1-4-34-21(30)12-17-13-36-25(26-17)29-23(31)14(2)35-24(32)16-7-10-19-20(11-16)28-22(27-19)15-5-8-18(33-3)9-6-15/h5-11,13-14H,4,12H2,1-3H3,(H,27,28)(H,26,29,31). The molecule has 2 aromatic carbocycles. The summed E-state index contributed by atoms with van der Waals surface area (Å²) >= 11 is 1.17. The largest absolute Gasteiger partial charge is 0.497 e. The second-order valence-electron chi connectivity index (χ2n) is 7.71. The topological polar surface area (TPSA) is 132 Å². The Morgan fingerprint density at radius 2 is 1.89 bits per heavy atom. The third-order valence-electron chi connectivity index (χ3n) is 5.15. The number of nitrogens with one attached hydrogen (secondary N) is 2. The first-order chi connectivity index (χ1) is 17.4. The Kier molecular flexibility index (Phi) is 7.59. The first-order valence-corrected chi connectivity index (χ1v) is 12.0. The van der Waals surface area contributed by atoms with Gasteiger partial charge in [-0.3, -0.25) is 14.9 Å². The van der Waals surface area contributed by atoms with E-state index in [-0.39, 0.29) is 18.6 Å². The third-order valence-corrected chi connectivity index (χ3v) is 5.95. The summed E-state index contributed by atoms with van der Waals surface area (Å²) in [5.41, 5.74) is 2.97. The van der Waals surface area contributed by atoms with Crippen LogP contribution in [0.3, 0.4) is 0 Å². The van der Waals surface area contributed by atoms with Gasteiger partial charge in [-0.25, -0.2) is 14.8 Å². The minimum atomic E-state index is -1.07. The van der Waals surface area contributed by atoms with Crippen molar-refractivity contribution in [3.63, 3.8) is 0 Å². The lowest BCUT2D eigenvalue weighted by molar-refractivity contribution is -0.142. The lowest BCUT2D eigenvalue weighted by atomic mass is 10.2. The molecule has 0 aliphatic heterocycles. The van der Waals surface area contributed by atoms with Crippen molar-refractivity contribution in [2.24, 2.45) is 0 Å². The Morgan fingerprint density at radius 3 is 2.61 bits per heavy atom. The highest BCUT2D eigenvalue weighted by molar-refractivity contribution is 7.13. The van der Waals surface area contributed by atoms with Gasteiger partial charge in [0.25, 0.3) is 5.91 Å². The maximum absolute atomic E-state index is 12.7. The molecule has 0 aliphatic carbocycles. The van der Waals surface area contributed by atoms with Crippen molar-refractivity contribution >= 4 is 45.3 Å². The SMILES string of the molecule is CCOC(=O)Cc1csc(NC(=O)C(C)OC(=O)c2ccc3nc(-c4ccc(OC)cc4)[nH]c3c2)n1. The number of H-pyrrole nitrogens is 1. The average Bonchev–Trinajstić information content (AvgIpc) is 3.50. The summed E-state index contributed by atoms with van der Waals surface area (Å²) in [4.78, 5) is 48.7. The Labute approximate surface area is 210 Å². The molecule has 0 aliphatic rings. The highest BCUT2D eigenvalue weighted by Gasteiger charge is 2.21. The molecular formula is C25H24N4O6S. The van der Waals surface area contributed by atoms with Gasteiger partial charge < -0.3 is 19.2 Å². The Bertz CT molecular complexity index is 1400. The number of carbonyl (C=O) groups excluding carboxylic acids is 3. The van der Waals surface area contributed by atoms with Crippen LogP contribution in [-0.2, 0) is 25.5 Å². The number of imidazole rings is 1. The number of aromatic amines is 1. The van der Waals surface area contributed by atoms with Crippen LogP contribution in [0.4, 0.5) is 5.13 Å². The molecule has 2 heterocycles. The monoisotopic (exact) mass is 508 g/mol. The number of ether oxygens (including phenoxy) is 3. The normalized spacial score (nSPS) is 11.6. The molecule has 4 rings (SSSR count). The molecular weight excluding hydrogens is 484 g/mol. The minimum Gasteiger partial charge on any atom is -0.497 e. The average molecular weight is 509 g/mol. The van der Waals surface area contributed by atoms with Crippen LogP contribution in [0.5, 0.6) is 5.75 Å². The predicted molar refractivity (Wildman–Crippen MR) is 134 cm³/mol. The van der Waals surface area contributed by atoms with E-state index < -0.39 is 23.9 Å². The molecule has 1 unspecified atom stereocenters. The molecule has 0 radical (unpaired) electrons. The van der Waals surface area contributed by atoms with E-state index in [2.05, 4.69) is 20.3 Å². The molecule has 36 heavy (non-hydrogen) atoms. The van der Waals surface area contributed by atoms with E-state index in [0.717, 1.165) is 11.3 Å². The molecule has 2 aromatic heterocycles. The zero-order valence-corrected chi connectivity index (χ0v) is 20.7. The van der Waals surface area contributed by atoms with Crippen molar-refractivity contribution in [1.29, 1.82) is 0 Å². The van der Waals surface area contributed by atoms with Crippen molar-refractivity contribution in [3.8, 4) is 17.1 Å². The van der Waals surface area contributed by atoms with Gasteiger partial charge in [-0.05, 0) is 56.3 Å². The summed E-state index contributed by atoms with van der Waals surface area (Å²) in [6.07, 6.45) is -1.05. The van der Waals surface area contributed by atoms with Crippen molar-refractivity contribution in [2.45, 2.75) is 26.4 Å². The van der Waals surface area contributed by atoms with Gasteiger partial charge in [0.1, 0.15) is 11.6 Å². The number of hydrogen-bond donors (Lipinski definition) is 2. The Hall–Kier alpha value is -4.25. The van der Waals surface area contributed by atoms with E-state index in [9.17, 15) is 14.4 Å². The highest BCUT2D eigenvalue weighted by Crippen LogP contribution is 2.24. The molecule has 0 spiro atoms. The van der Waals surface area contributed by atoms with Gasteiger partial charge in [0.15, 0.2) is 11.2 Å². The lowest BCUT2D eigenvalue weighted by Crippen LogP contribution is -2.30. The number of fused-ring (bicyclic) bond motifs is 1. The van der Waals surface area contributed by atoms with Crippen molar-refractivity contribution in [3.05, 3.63) is 59.1 Å². The smallest absolute Gasteiger partial charge is 0.338 e. The quantitative estimate of drug-likeness (QED) is 0.324. The molecule has 2 N–H and O–H groups in total. The summed E-state index contributed by atoms with van der Waals surface area (Å²) in [5, 5.41) is 4.55. The van der Waals surface area contributed by atoms with Crippen LogP contribution in [0.2, 0.25) is 0 Å². The van der Waals surface area contributed by atoms with Crippen LogP contribution in [0.1, 0.15) is 29.9 Å². The molecule has 186 valence electrons. The van der Waals surface area contributed by atoms with E-state index >= 15 is 0 Å². The molecule has 0 saturated carbocycles. The van der Waals surface area contributed by atoms with Crippen LogP contribution in [0, 0.1) is 0 Å². The number of amides is 1. The maximum atomic E-state index is 12.7. The van der Waals surface area contributed by atoms with E-state index in [0.29, 0.717) is 27.7 Å². The summed E-state index contributed by atoms with van der Waals surface area (Å²) in [6, 6.07) is 12.4. The predicted octanol–water partition coefficient (Wildman–Crippen LogP) is 3.98. The number of anilines is 1. The van der Waals surface area contributed by atoms with Gasteiger partial charge in [0.05, 0.1) is 42.4 Å². The first kappa shape index (κ1) is 24.9. The van der Waals surface area contributed by atoms with Crippen LogP contribution in [0.15, 0.2) is 47.8 Å². The van der Waals surface area contributed by atoms with E-state index in [1.807, 2.05) is 24.3 Å². The zero-order valence-electron chi connectivity index (χ0n) is 19.9. The number of methoxy groups -OCH3 is 1. The van der Waals surface area contributed by atoms with Gasteiger partial charge in [-0.2, -0.15) is 0 Å². The number of nitrogens with zero attached hydrogens (tertiary/aromatic N) is 2. The second kappa shape index (κ2) is 11.0. The van der Waals surface area contributed by atoms with E-state index in [1.165, 1.54) is 18.3 Å². The van der Waals surface area contributed by atoms with Crippen LogP contribution >= 0.6 is 11.3 Å². The first-order valence-electron chi connectivity index (χ1n) is 11.1. The molecule has 11 heteroatoms. The molecule has 1 amide bonds. The second-order valence-corrected chi connectivity index (χ2v) is 8.57. The number of carbonyl (C=O) groups is 3. The number of rotatable bonds is 9. The van der Waals surface area contributed by atoms with Gasteiger partial charge in [-0.1, -0.05) is 0 Å². The molecule has 10 nitrogen and oxygen atoms in total. The number of thiazole rings is 1. The number of hydrogen-bond acceptors (Lipinski definition) is 9. The van der Waals surface area contributed by atoms with Crippen molar-refractivity contribution in [2.75, 3.05) is 19.0 Å². The van der Waals surface area contributed by atoms with Gasteiger partial charge in [-0.15, -0.1) is 11.3 Å². The fourth-order valence-corrected chi connectivity index (χ4v) is 4.03. The lowest BCUT2D eigenvalue weighted by Gasteiger charge is -2.12. The third kappa shape index (κ3) is 5.87. The molecule has 0 fully saturated rings. The summed E-state index contributed by atoms with van der Waals surface area (Å²) in [5.74, 6) is -0.192. The summed E-state index contributed by atoms with van der Waals surface area (Å²) in [7, 11) is 1.60. The van der Waals surface area contributed by atoms with Crippen molar-refractivity contribution < 1.29 is 28.6 Å². The highest BCUT2D eigenvalue weighted by atomic mass is 32.1. The van der Waals surface area contributed by atoms with Gasteiger partial charge in [0.2, 0.25) is 0 Å². The van der Waals surface area contributed by atoms with Crippen LogP contribution < -0.4 is 10.1 Å². The van der Waals surface area contributed by atoms with Gasteiger partial charge in [0, 0.05) is 10.9 Å². The Balaban J connectivity index is 1.38. The summed E-state index contributed by atoms with van der Waals surface area (Å²) < 4.78 is 15.4. The van der Waals surface area contributed by atoms with Gasteiger partial charge >= 0.3 is 11.9 Å². The minimum absolute atomic E-state index is 0.0149. The fourth-order valence-electron chi connectivity index (χ4n) is 3.32. The van der Waals surface area contributed by atoms with Crippen molar-refractivity contribution in [1.82, 2.24) is 15.0 Å². The maximum Gasteiger partial charge on any atom is 0.338 e. The zero-order chi connectivity index (χ0) is 25.7. The molecule has 4 aromatic rings. The summed E-state index contributed by atoms with van der Waals surface area (Å²) in [6.45, 7) is 3.48. The number of benzene rings is 2. The number of esters is 2. The van der Waals surface area contributed by atoms with E-state index in [1.54, 1.807) is 37.6 Å². The molecule has 1 atom stereocenters. The van der Waals surface area contributed by atoms with Crippen LogP contribution in [-0.4, -0.2) is 52.6 Å². The number of aromatic nitrogens is 3. The fraction of sp³-hybridized carbons (Fsp3) is 0.240. The molecule has 0 bridgehead atoms. The Morgan fingerprint density at radius 1 is 1.11 bits per heavy atom. The van der Waals surface area contributed by atoms with Crippen LogP contribution in [0.25, 0.3) is 22.4 Å². The van der Waals surface area contributed by atoms with E-state index in [4.69, 9.17) is 14.2 Å². The molecule has 0 saturated heterocycles.